The van der Waals surface area contributed by atoms with Gasteiger partial charge in [-0.1, -0.05) is 18.2 Å². The maximum Gasteiger partial charge on any atom is 0.422 e. The van der Waals surface area contributed by atoms with E-state index >= 15 is 0 Å². The summed E-state index contributed by atoms with van der Waals surface area (Å²) in [6.45, 7) is 0.604. The SMILES string of the molecule is CC(O)(c1csc(NC=O)n1)C(F)(F)F.c1cnc2c(OC3CCC3)cccc2c1. The number of carbonyl (C=O) groups is 1. The minimum absolute atomic E-state index is 0.00419. The van der Waals surface area contributed by atoms with Crippen LogP contribution in [0.15, 0.2) is 41.9 Å². The molecule has 0 radical (unpaired) electrons. The van der Waals surface area contributed by atoms with Crippen LogP contribution in [-0.4, -0.2) is 33.8 Å². The Labute approximate surface area is 174 Å². The van der Waals surface area contributed by atoms with Crippen molar-refractivity contribution in [1.82, 2.24) is 9.97 Å². The van der Waals surface area contributed by atoms with E-state index in [4.69, 9.17) is 4.74 Å². The van der Waals surface area contributed by atoms with E-state index in [1.54, 1.807) is 0 Å². The fraction of sp³-hybridized carbons (Fsp3) is 0.350. The van der Waals surface area contributed by atoms with Crippen LogP contribution < -0.4 is 10.1 Å². The van der Waals surface area contributed by atoms with Gasteiger partial charge in [0.05, 0.1) is 11.8 Å². The van der Waals surface area contributed by atoms with Gasteiger partial charge in [0.2, 0.25) is 12.0 Å². The minimum Gasteiger partial charge on any atom is -0.488 e. The van der Waals surface area contributed by atoms with E-state index in [0.29, 0.717) is 19.4 Å². The molecule has 2 aromatic heterocycles. The zero-order chi connectivity index (χ0) is 21.8. The lowest BCUT2D eigenvalue weighted by Crippen LogP contribution is -2.39. The van der Waals surface area contributed by atoms with Crippen LogP contribution in [0.5, 0.6) is 5.75 Å². The molecule has 1 unspecified atom stereocenters. The smallest absolute Gasteiger partial charge is 0.422 e. The van der Waals surface area contributed by atoms with E-state index in [-0.39, 0.29) is 5.13 Å². The number of carbonyl (C=O) groups excluding carboxylic acids is 1. The van der Waals surface area contributed by atoms with Crippen molar-refractivity contribution in [3.8, 4) is 5.75 Å². The van der Waals surface area contributed by atoms with Crippen molar-refractivity contribution < 1.29 is 27.8 Å². The summed E-state index contributed by atoms with van der Waals surface area (Å²) in [6, 6.07) is 10.1. The first-order valence-electron chi connectivity index (χ1n) is 9.18. The van der Waals surface area contributed by atoms with Crippen molar-refractivity contribution in [1.29, 1.82) is 0 Å². The zero-order valence-electron chi connectivity index (χ0n) is 16.0. The second kappa shape index (κ2) is 8.97. The van der Waals surface area contributed by atoms with Crippen LogP contribution in [0.1, 0.15) is 31.9 Å². The van der Waals surface area contributed by atoms with E-state index < -0.39 is 17.5 Å². The number of rotatable bonds is 5. The minimum atomic E-state index is -4.81. The van der Waals surface area contributed by atoms with E-state index in [0.717, 1.165) is 33.4 Å². The molecule has 1 aromatic carbocycles. The van der Waals surface area contributed by atoms with Gasteiger partial charge in [0, 0.05) is 17.0 Å². The monoisotopic (exact) mass is 439 g/mol. The molecule has 2 N–H and O–H groups in total. The number of pyridine rings is 1. The second-order valence-electron chi connectivity index (χ2n) is 6.87. The van der Waals surface area contributed by atoms with Gasteiger partial charge in [-0.2, -0.15) is 13.2 Å². The van der Waals surface area contributed by atoms with Crippen LogP contribution in [0.3, 0.4) is 0 Å². The Morgan fingerprint density at radius 2 is 2.00 bits per heavy atom. The highest BCUT2D eigenvalue weighted by Crippen LogP contribution is 2.39. The maximum atomic E-state index is 12.3. The van der Waals surface area contributed by atoms with Crippen LogP contribution in [0.4, 0.5) is 18.3 Å². The fourth-order valence-corrected chi connectivity index (χ4v) is 3.37. The number of nitrogens with one attached hydrogen (secondary N) is 1. The lowest BCUT2D eigenvalue weighted by atomic mass is 9.96. The average molecular weight is 439 g/mol. The first-order chi connectivity index (χ1) is 14.2. The molecule has 1 aliphatic carbocycles. The molecule has 160 valence electrons. The third-order valence-electron chi connectivity index (χ3n) is 4.68. The van der Waals surface area contributed by atoms with Crippen LogP contribution in [-0.2, 0) is 10.4 Å². The van der Waals surface area contributed by atoms with Gasteiger partial charge >= 0.3 is 6.18 Å². The molecule has 0 bridgehead atoms. The standard InChI is InChI=1S/C13H13NO.C7H7F3N2O2S/c1-4-10-5-3-9-14-13(10)12(8-1)15-11-6-2-7-11;1-6(14,7(8,9)10)4-2-15-5(12-4)11-3-13/h1,3-5,8-9,11H,2,6-7H2;2-3,14H,1H3,(H,11,12,13). The van der Waals surface area contributed by atoms with Gasteiger partial charge in [-0.25, -0.2) is 4.98 Å². The van der Waals surface area contributed by atoms with Crippen molar-refractivity contribution in [2.45, 2.75) is 44.1 Å². The number of anilines is 1. The molecule has 1 aliphatic rings. The fourth-order valence-electron chi connectivity index (χ4n) is 2.60. The van der Waals surface area contributed by atoms with Crippen LogP contribution in [0, 0.1) is 0 Å². The number of ether oxygens (including phenoxy) is 1. The summed E-state index contributed by atoms with van der Waals surface area (Å²) in [7, 11) is 0. The average Bonchev–Trinajstić information content (AvgIpc) is 3.14. The van der Waals surface area contributed by atoms with Gasteiger partial charge < -0.3 is 15.2 Å². The number of fused-ring (bicyclic) bond motifs is 1. The quantitative estimate of drug-likeness (QED) is 0.566. The first-order valence-corrected chi connectivity index (χ1v) is 10.1. The number of nitrogens with zero attached hydrogens (tertiary/aromatic N) is 2. The molecule has 6 nitrogen and oxygen atoms in total. The number of halogens is 3. The first kappa shape index (κ1) is 22.0. The third kappa shape index (κ3) is 4.88. The highest BCUT2D eigenvalue weighted by atomic mass is 32.1. The molecular formula is C20H20F3N3O3S. The Morgan fingerprint density at radius 1 is 1.27 bits per heavy atom. The van der Waals surface area contributed by atoms with E-state index in [2.05, 4.69) is 27.4 Å². The van der Waals surface area contributed by atoms with Gasteiger partial charge in [-0.3, -0.25) is 9.78 Å². The number of aromatic nitrogens is 2. The molecule has 0 aliphatic heterocycles. The Balaban J connectivity index is 0.000000171. The van der Waals surface area contributed by atoms with E-state index in [1.165, 1.54) is 19.3 Å². The number of thiazole rings is 1. The summed E-state index contributed by atoms with van der Waals surface area (Å²) in [6.07, 6.45) is 1.38. The van der Waals surface area contributed by atoms with Gasteiger partial charge in [0.15, 0.2) is 5.13 Å². The molecule has 1 atom stereocenters. The molecule has 1 saturated carbocycles. The molecule has 1 amide bonds. The summed E-state index contributed by atoms with van der Waals surface area (Å²) in [5, 5.41) is 13.5. The van der Waals surface area contributed by atoms with Gasteiger partial charge in [0.1, 0.15) is 11.3 Å². The van der Waals surface area contributed by atoms with Crippen LogP contribution >= 0.6 is 11.3 Å². The van der Waals surface area contributed by atoms with Crippen molar-refractivity contribution in [2.75, 3.05) is 5.32 Å². The number of hydrogen-bond donors (Lipinski definition) is 2. The number of hydrogen-bond acceptors (Lipinski definition) is 6. The van der Waals surface area contributed by atoms with Crippen molar-refractivity contribution in [3.63, 3.8) is 0 Å². The summed E-state index contributed by atoms with van der Waals surface area (Å²) < 4.78 is 42.9. The number of aliphatic hydroxyl groups is 1. The molecule has 30 heavy (non-hydrogen) atoms. The molecule has 0 spiro atoms. The van der Waals surface area contributed by atoms with Gasteiger partial charge in [-0.15, -0.1) is 11.3 Å². The Bertz CT molecular complexity index is 998. The number of alkyl halides is 3. The van der Waals surface area contributed by atoms with E-state index in [9.17, 15) is 23.1 Å². The molecule has 1 fully saturated rings. The summed E-state index contributed by atoms with van der Waals surface area (Å²) in [4.78, 5) is 17.8. The topological polar surface area (TPSA) is 84.3 Å². The normalized spacial score (nSPS) is 16.0. The summed E-state index contributed by atoms with van der Waals surface area (Å²) >= 11 is 0.804. The lowest BCUT2D eigenvalue weighted by molar-refractivity contribution is -0.260. The van der Waals surface area contributed by atoms with Crippen molar-refractivity contribution >= 4 is 33.8 Å². The molecule has 3 aromatic rings. The Kier molecular flexibility index (Phi) is 6.57. The molecule has 10 heteroatoms. The van der Waals surface area contributed by atoms with Gasteiger partial charge in [-0.05, 0) is 38.3 Å². The van der Waals surface area contributed by atoms with E-state index in [1.807, 2.05) is 24.4 Å². The summed E-state index contributed by atoms with van der Waals surface area (Å²) in [5.74, 6) is 0.929. The predicted molar refractivity (Wildman–Crippen MR) is 107 cm³/mol. The number of para-hydroxylation sites is 1. The highest BCUT2D eigenvalue weighted by molar-refractivity contribution is 7.13. The van der Waals surface area contributed by atoms with Crippen LogP contribution in [0.25, 0.3) is 10.9 Å². The van der Waals surface area contributed by atoms with Crippen molar-refractivity contribution in [3.05, 3.63) is 47.6 Å². The van der Waals surface area contributed by atoms with Gasteiger partial charge in [0.25, 0.3) is 0 Å². The zero-order valence-corrected chi connectivity index (χ0v) is 16.8. The highest BCUT2D eigenvalue weighted by Gasteiger charge is 2.52. The number of amides is 1. The Morgan fingerprint density at radius 3 is 2.63 bits per heavy atom. The second-order valence-corrected chi connectivity index (χ2v) is 7.73. The summed E-state index contributed by atoms with van der Waals surface area (Å²) in [5.41, 5.74) is -2.57. The molecule has 2 heterocycles. The maximum absolute atomic E-state index is 12.3. The largest absolute Gasteiger partial charge is 0.488 e. The van der Waals surface area contributed by atoms with Crippen LogP contribution in [0.2, 0.25) is 0 Å². The molecule has 4 rings (SSSR count). The Hall–Kier alpha value is -2.72. The molecule has 0 saturated heterocycles. The molecular weight excluding hydrogens is 419 g/mol. The van der Waals surface area contributed by atoms with Crippen molar-refractivity contribution in [2.24, 2.45) is 0 Å². The third-order valence-corrected chi connectivity index (χ3v) is 5.45. The predicted octanol–water partition coefficient (Wildman–Crippen LogP) is 4.65. The number of benzene rings is 1. The lowest BCUT2D eigenvalue weighted by Gasteiger charge is -2.26.